The Hall–Kier alpha value is -4.66. The van der Waals surface area contributed by atoms with Gasteiger partial charge in [-0.3, -0.25) is 24.2 Å². The normalized spacial score (nSPS) is 13.9. The van der Waals surface area contributed by atoms with Crippen molar-refractivity contribution in [1.82, 2.24) is 20.9 Å². The van der Waals surface area contributed by atoms with Crippen LogP contribution in [-0.2, 0) is 30.4 Å². The van der Waals surface area contributed by atoms with Gasteiger partial charge < -0.3 is 48.3 Å². The lowest BCUT2D eigenvalue weighted by Crippen LogP contribution is -2.57. The largest absolute Gasteiger partial charge is 0.481 e. The second-order valence-corrected chi connectivity index (χ2v) is 10.7. The zero-order valence-corrected chi connectivity index (χ0v) is 24.3. The minimum absolute atomic E-state index is 0.0255. The highest BCUT2D eigenvalue weighted by molar-refractivity contribution is 5.94. The monoisotopic (exact) mass is 602 g/mol. The van der Waals surface area contributed by atoms with E-state index < -0.39 is 60.2 Å². The third-order valence-corrected chi connectivity index (χ3v) is 6.63. The standard InChI is InChI=1S/C28H42N8O7/c1-15(2)12-22(36-24(39)18(29)13-16-14-33-19-7-4-3-6-17(16)19)26(41)34-20(8-5-11-32-28(30)31)25(40)35-21(27(42)43)9-10-23(37)38/h3-4,6-7,14-15,18,20-22,33H,5,8-13,29H2,1-2H3,(H,34,41)(H,35,40)(H,36,39)(H,37,38)(H,42,43)(H4,30,31,32). The molecule has 4 atom stereocenters. The van der Waals surface area contributed by atoms with Gasteiger partial charge in [0.25, 0.3) is 0 Å². The summed E-state index contributed by atoms with van der Waals surface area (Å²) in [6, 6.07) is 2.86. The number of nitrogens with one attached hydrogen (secondary N) is 4. The van der Waals surface area contributed by atoms with E-state index in [1.165, 1.54) is 0 Å². The number of H-pyrrole nitrogens is 1. The minimum Gasteiger partial charge on any atom is -0.481 e. The van der Waals surface area contributed by atoms with Gasteiger partial charge in [-0.1, -0.05) is 32.0 Å². The first-order valence-corrected chi connectivity index (χ1v) is 14.0. The lowest BCUT2D eigenvalue weighted by Gasteiger charge is -2.26. The number of amides is 3. The van der Waals surface area contributed by atoms with E-state index in [1.54, 1.807) is 6.20 Å². The first-order chi connectivity index (χ1) is 20.3. The molecule has 1 heterocycles. The Morgan fingerprint density at radius 3 is 2.16 bits per heavy atom. The Morgan fingerprint density at radius 1 is 0.907 bits per heavy atom. The van der Waals surface area contributed by atoms with Crippen molar-refractivity contribution in [3.8, 4) is 0 Å². The van der Waals surface area contributed by atoms with E-state index in [1.807, 2.05) is 38.1 Å². The predicted octanol–water partition coefficient (Wildman–Crippen LogP) is -0.459. The molecule has 0 saturated heterocycles. The van der Waals surface area contributed by atoms with Gasteiger partial charge in [0.2, 0.25) is 17.7 Å². The smallest absolute Gasteiger partial charge is 0.326 e. The van der Waals surface area contributed by atoms with Crippen molar-refractivity contribution in [3.05, 3.63) is 36.0 Å². The number of benzene rings is 1. The highest BCUT2D eigenvalue weighted by Crippen LogP contribution is 2.19. The molecule has 1 aromatic heterocycles. The summed E-state index contributed by atoms with van der Waals surface area (Å²) in [6.07, 6.45) is 1.67. The van der Waals surface area contributed by atoms with E-state index in [-0.39, 0.29) is 50.5 Å². The van der Waals surface area contributed by atoms with Crippen LogP contribution in [0, 0.1) is 5.92 Å². The second-order valence-electron chi connectivity index (χ2n) is 10.7. The number of carboxylic acids is 2. The number of nitrogens with zero attached hydrogens (tertiary/aromatic N) is 1. The first kappa shape index (κ1) is 34.5. The fourth-order valence-electron chi connectivity index (χ4n) is 4.45. The lowest BCUT2D eigenvalue weighted by atomic mass is 10.0. The number of rotatable bonds is 18. The Morgan fingerprint density at radius 2 is 1.53 bits per heavy atom. The van der Waals surface area contributed by atoms with Gasteiger partial charge in [0.05, 0.1) is 6.04 Å². The molecule has 0 radical (unpaired) electrons. The van der Waals surface area contributed by atoms with E-state index in [4.69, 9.17) is 22.3 Å². The molecule has 0 saturated carbocycles. The number of aliphatic carboxylic acids is 2. The van der Waals surface area contributed by atoms with Crippen LogP contribution in [0.3, 0.4) is 0 Å². The Bertz CT molecular complexity index is 1310. The average molecular weight is 603 g/mol. The molecule has 0 aliphatic rings. The number of para-hydroxylation sites is 1. The fourth-order valence-corrected chi connectivity index (χ4v) is 4.45. The van der Waals surface area contributed by atoms with Crippen molar-refractivity contribution >= 4 is 46.5 Å². The molecule has 15 heteroatoms. The van der Waals surface area contributed by atoms with Crippen molar-refractivity contribution in [1.29, 1.82) is 0 Å². The Kier molecular flexibility index (Phi) is 13.4. The number of guanidine groups is 1. The number of hydrogen-bond acceptors (Lipinski definition) is 7. The van der Waals surface area contributed by atoms with Crippen LogP contribution < -0.4 is 33.2 Å². The van der Waals surface area contributed by atoms with Crippen LogP contribution in [0.4, 0.5) is 0 Å². The van der Waals surface area contributed by atoms with Gasteiger partial charge in [0.1, 0.15) is 18.1 Å². The van der Waals surface area contributed by atoms with Crippen LogP contribution >= 0.6 is 0 Å². The summed E-state index contributed by atoms with van der Waals surface area (Å²) < 4.78 is 0. The van der Waals surface area contributed by atoms with Crippen LogP contribution in [-0.4, -0.2) is 81.5 Å². The second kappa shape index (κ2) is 16.7. The van der Waals surface area contributed by atoms with Crippen LogP contribution in [0.25, 0.3) is 10.9 Å². The number of aromatic amines is 1. The number of hydrogen-bond donors (Lipinski definition) is 9. The summed E-state index contributed by atoms with van der Waals surface area (Å²) in [4.78, 5) is 69.1. The molecule has 4 unspecified atom stereocenters. The molecule has 3 amide bonds. The van der Waals surface area contributed by atoms with Crippen LogP contribution in [0.15, 0.2) is 35.5 Å². The quantitative estimate of drug-likeness (QED) is 0.0602. The van der Waals surface area contributed by atoms with Gasteiger partial charge in [0.15, 0.2) is 5.96 Å². The zero-order valence-electron chi connectivity index (χ0n) is 24.3. The Balaban J connectivity index is 2.16. The van der Waals surface area contributed by atoms with Crippen LogP contribution in [0.1, 0.15) is 51.5 Å². The summed E-state index contributed by atoms with van der Waals surface area (Å²) >= 11 is 0. The van der Waals surface area contributed by atoms with Crippen molar-refractivity contribution in [2.45, 2.75) is 76.5 Å². The first-order valence-electron chi connectivity index (χ1n) is 14.0. The van der Waals surface area contributed by atoms with Gasteiger partial charge in [0, 0.05) is 30.1 Å². The van der Waals surface area contributed by atoms with Gasteiger partial charge in [-0.05, 0) is 49.7 Å². The number of carbonyl (C=O) groups is 5. The molecular weight excluding hydrogens is 560 g/mol. The molecule has 1 aromatic carbocycles. The number of carboxylic acid groups (broad SMARTS) is 2. The maximum absolute atomic E-state index is 13.4. The summed E-state index contributed by atoms with van der Waals surface area (Å²) in [5.41, 5.74) is 18.7. The summed E-state index contributed by atoms with van der Waals surface area (Å²) in [5.74, 6) is -4.88. The molecule has 15 nitrogen and oxygen atoms in total. The molecule has 43 heavy (non-hydrogen) atoms. The number of nitrogens with two attached hydrogens (primary N) is 3. The van der Waals surface area contributed by atoms with Crippen molar-refractivity contribution in [3.63, 3.8) is 0 Å². The van der Waals surface area contributed by atoms with Crippen LogP contribution in [0.5, 0.6) is 0 Å². The Labute approximate surface area is 249 Å². The van der Waals surface area contributed by atoms with Gasteiger partial charge in [-0.15, -0.1) is 0 Å². The van der Waals surface area contributed by atoms with E-state index >= 15 is 0 Å². The van der Waals surface area contributed by atoms with Gasteiger partial charge >= 0.3 is 11.9 Å². The van der Waals surface area contributed by atoms with E-state index in [2.05, 4.69) is 25.9 Å². The molecule has 0 bridgehead atoms. The van der Waals surface area contributed by atoms with Crippen LogP contribution in [0.2, 0.25) is 0 Å². The van der Waals surface area contributed by atoms with Gasteiger partial charge in [-0.2, -0.15) is 0 Å². The SMILES string of the molecule is CC(C)CC(NC(=O)C(N)Cc1c[nH]c2ccccc12)C(=O)NC(CCCN=C(N)N)C(=O)NC(CCC(=O)O)C(=O)O. The van der Waals surface area contributed by atoms with E-state index in [0.29, 0.717) is 0 Å². The number of fused-ring (bicyclic) bond motifs is 1. The fraction of sp³-hybridized carbons (Fsp3) is 0.500. The zero-order chi connectivity index (χ0) is 32.1. The van der Waals surface area contributed by atoms with Crippen molar-refractivity contribution in [2.24, 2.45) is 28.1 Å². The topological polar surface area (TPSA) is 268 Å². The molecule has 2 rings (SSSR count). The summed E-state index contributed by atoms with van der Waals surface area (Å²) in [5, 5.41) is 26.9. The lowest BCUT2D eigenvalue weighted by molar-refractivity contribution is -0.143. The highest BCUT2D eigenvalue weighted by atomic mass is 16.4. The average Bonchev–Trinajstić information content (AvgIpc) is 3.33. The molecular formula is C28H42N8O7. The molecule has 236 valence electrons. The number of aromatic nitrogens is 1. The summed E-state index contributed by atoms with van der Waals surface area (Å²) in [7, 11) is 0. The molecule has 0 spiro atoms. The molecule has 2 aromatic rings. The molecule has 0 fully saturated rings. The predicted molar refractivity (Wildman–Crippen MR) is 160 cm³/mol. The number of aliphatic imine (C=N–C) groups is 1. The third-order valence-electron chi connectivity index (χ3n) is 6.63. The third kappa shape index (κ3) is 11.6. The van der Waals surface area contributed by atoms with E-state index in [0.717, 1.165) is 16.5 Å². The molecule has 0 aliphatic heterocycles. The molecule has 0 aliphatic carbocycles. The molecule has 12 N–H and O–H groups in total. The van der Waals surface area contributed by atoms with Crippen molar-refractivity contribution < 1.29 is 34.2 Å². The number of carbonyl (C=O) groups excluding carboxylic acids is 3. The maximum Gasteiger partial charge on any atom is 0.326 e. The minimum atomic E-state index is -1.49. The maximum atomic E-state index is 13.4. The van der Waals surface area contributed by atoms with E-state index in [9.17, 15) is 29.1 Å². The summed E-state index contributed by atoms with van der Waals surface area (Å²) in [6.45, 7) is 3.85. The van der Waals surface area contributed by atoms with Crippen molar-refractivity contribution in [2.75, 3.05) is 6.54 Å². The van der Waals surface area contributed by atoms with Gasteiger partial charge in [-0.25, -0.2) is 4.79 Å². The highest BCUT2D eigenvalue weighted by Gasteiger charge is 2.31.